The Bertz CT molecular complexity index is 1500. The number of hydrogen-bond donors (Lipinski definition) is 2. The van der Waals surface area contributed by atoms with Crippen molar-refractivity contribution in [2.45, 2.75) is 91.0 Å². The molecule has 1 aliphatic heterocycles. The monoisotopic (exact) mass is 670 g/mol. The lowest BCUT2D eigenvalue weighted by Crippen LogP contribution is -2.40. The van der Waals surface area contributed by atoms with E-state index in [2.05, 4.69) is 19.2 Å². The molecule has 1 unspecified atom stereocenters. The minimum absolute atomic E-state index is 0.0421. The highest BCUT2D eigenvalue weighted by molar-refractivity contribution is 5.77. The summed E-state index contributed by atoms with van der Waals surface area (Å²) >= 11 is 0. The number of nitrogens with one attached hydrogen (secondary N) is 1. The van der Waals surface area contributed by atoms with Crippen LogP contribution in [-0.2, 0) is 28.4 Å². The molecule has 2 N–H and O–H groups in total. The third kappa shape index (κ3) is 8.22. The lowest BCUT2D eigenvalue weighted by Gasteiger charge is -2.36. The number of ether oxygens (including phenoxy) is 2. The number of nitrogens with zero attached hydrogens (tertiary/aromatic N) is 1. The highest BCUT2D eigenvalue weighted by Crippen LogP contribution is 2.46. The molecule has 0 spiro atoms. The molecule has 0 saturated carbocycles. The summed E-state index contributed by atoms with van der Waals surface area (Å²) in [6, 6.07) is 5.13. The Morgan fingerprint density at radius 2 is 1.70 bits per heavy atom. The molecule has 7 nitrogen and oxygen atoms in total. The third-order valence-electron chi connectivity index (χ3n) is 8.91. The van der Waals surface area contributed by atoms with E-state index in [4.69, 9.17) is 9.47 Å². The van der Waals surface area contributed by atoms with Gasteiger partial charge in [-0.2, -0.15) is 26.3 Å². The lowest BCUT2D eigenvalue weighted by molar-refractivity contribution is -0.143. The fourth-order valence-corrected chi connectivity index (χ4v) is 6.33. The predicted molar refractivity (Wildman–Crippen MR) is 162 cm³/mol. The number of carboxylic acid groups (broad SMARTS) is 1. The topological polar surface area (TPSA) is 88.1 Å². The molecule has 2 aromatic carbocycles. The minimum atomic E-state index is -5.04. The van der Waals surface area contributed by atoms with Gasteiger partial charge in [-0.3, -0.25) is 9.69 Å². The molecule has 47 heavy (non-hydrogen) atoms. The van der Waals surface area contributed by atoms with Crippen molar-refractivity contribution in [3.63, 3.8) is 0 Å². The third-order valence-corrected chi connectivity index (χ3v) is 8.91. The van der Waals surface area contributed by atoms with E-state index in [-0.39, 0.29) is 30.5 Å². The van der Waals surface area contributed by atoms with Crippen molar-refractivity contribution in [3.05, 3.63) is 69.8 Å². The van der Waals surface area contributed by atoms with Crippen LogP contribution in [0.2, 0.25) is 0 Å². The van der Waals surface area contributed by atoms with Crippen molar-refractivity contribution in [3.8, 4) is 5.75 Å². The Kier molecular flexibility index (Phi) is 10.3. The number of alkyl halides is 6. The summed E-state index contributed by atoms with van der Waals surface area (Å²) in [5, 5.41) is 12.7. The lowest BCUT2D eigenvalue weighted by atomic mass is 9.72. The number of benzene rings is 2. The summed E-state index contributed by atoms with van der Waals surface area (Å²) in [5.41, 5.74) is -0.173. The van der Waals surface area contributed by atoms with Crippen LogP contribution in [0.3, 0.4) is 0 Å². The first kappa shape index (κ1) is 36.1. The number of aliphatic carboxylic acids is 1. The molecule has 0 aromatic heterocycles. The van der Waals surface area contributed by atoms with Crippen molar-refractivity contribution >= 4 is 17.6 Å². The van der Waals surface area contributed by atoms with Crippen molar-refractivity contribution < 1.29 is 50.5 Å². The highest BCUT2D eigenvalue weighted by atomic mass is 19.4. The average Bonchev–Trinajstić information content (AvgIpc) is 3.24. The number of methoxy groups -OCH3 is 1. The molecule has 2 aromatic rings. The Labute approximate surface area is 269 Å². The predicted octanol–water partition coefficient (Wildman–Crippen LogP) is 8.48. The zero-order valence-electron chi connectivity index (χ0n) is 27.1. The van der Waals surface area contributed by atoms with Gasteiger partial charge in [0.1, 0.15) is 17.9 Å². The summed E-state index contributed by atoms with van der Waals surface area (Å²) in [5.74, 6) is -0.543. The second-order valence-electron chi connectivity index (χ2n) is 13.4. The van der Waals surface area contributed by atoms with E-state index < -0.39 is 59.3 Å². The van der Waals surface area contributed by atoms with Gasteiger partial charge >= 0.3 is 24.4 Å². The SMILES string of the molecule is COc1ccc(CNC(C(=O)O)C(C)C)cc1C1=C(CN2C(=O)O[C@H](c3cc(C(F)(F)F)cc(C(F)(F)F)c3)[C@@H]2C)CC(C)(C)CC1. The number of cyclic esters (lactones) is 1. The molecule has 258 valence electrons. The molecule has 1 heterocycles. The van der Waals surface area contributed by atoms with Crippen LogP contribution >= 0.6 is 0 Å². The molecule has 1 fully saturated rings. The summed E-state index contributed by atoms with van der Waals surface area (Å²) in [6.45, 7) is 9.63. The van der Waals surface area contributed by atoms with E-state index in [1.54, 1.807) is 6.07 Å². The molecule has 0 bridgehead atoms. The smallest absolute Gasteiger partial charge is 0.416 e. The normalized spacial score (nSPS) is 20.9. The quantitative estimate of drug-likeness (QED) is 0.247. The van der Waals surface area contributed by atoms with Crippen molar-refractivity contribution in [2.75, 3.05) is 13.7 Å². The summed E-state index contributed by atoms with van der Waals surface area (Å²) < 4.78 is 92.6. The number of halogens is 6. The van der Waals surface area contributed by atoms with E-state index in [9.17, 15) is 41.0 Å². The van der Waals surface area contributed by atoms with Crippen LogP contribution in [0.1, 0.15) is 87.8 Å². The van der Waals surface area contributed by atoms with E-state index in [0.717, 1.165) is 28.7 Å². The second-order valence-corrected chi connectivity index (χ2v) is 13.4. The highest BCUT2D eigenvalue weighted by Gasteiger charge is 2.44. The Balaban J connectivity index is 1.71. The van der Waals surface area contributed by atoms with Crippen LogP contribution in [0.4, 0.5) is 31.1 Å². The number of carboxylic acids is 1. The molecule has 2 aliphatic rings. The standard InChI is InChI=1S/C34H40F6N2O5/c1-18(2)28(30(43)44)41-16-20-7-8-27(46-6)26(11-20)25-9-10-32(4,5)15-22(25)17-42-19(3)29(47-31(42)45)21-12-23(33(35,36)37)14-24(13-21)34(38,39)40/h7-8,11-14,18-19,28-29,41H,9-10,15-17H2,1-6H3,(H,43,44)/t19-,28?,29-/m0/s1. The minimum Gasteiger partial charge on any atom is -0.496 e. The molecule has 13 heteroatoms. The Morgan fingerprint density at radius 1 is 1.09 bits per heavy atom. The van der Waals surface area contributed by atoms with Gasteiger partial charge in [0.05, 0.1) is 24.3 Å². The van der Waals surface area contributed by atoms with E-state index >= 15 is 0 Å². The largest absolute Gasteiger partial charge is 0.496 e. The van der Waals surface area contributed by atoms with Crippen LogP contribution in [0.25, 0.3) is 5.57 Å². The van der Waals surface area contributed by atoms with Gasteiger partial charge in [-0.25, -0.2) is 4.79 Å². The van der Waals surface area contributed by atoms with Crippen LogP contribution in [0.5, 0.6) is 5.75 Å². The van der Waals surface area contributed by atoms with Gasteiger partial charge in [0, 0.05) is 18.7 Å². The number of carbonyl (C=O) groups excluding carboxylic acids is 1. The van der Waals surface area contributed by atoms with Gasteiger partial charge < -0.3 is 19.9 Å². The Hall–Kier alpha value is -3.74. The number of allylic oxidation sites excluding steroid dienone is 1. The van der Waals surface area contributed by atoms with E-state index in [0.29, 0.717) is 30.7 Å². The van der Waals surface area contributed by atoms with Crippen molar-refractivity contribution in [2.24, 2.45) is 11.3 Å². The molecular formula is C34H40F6N2O5. The molecule has 1 aliphatic carbocycles. The van der Waals surface area contributed by atoms with Gasteiger partial charge in [0.25, 0.3) is 0 Å². The first-order chi connectivity index (χ1) is 21.7. The number of rotatable bonds is 10. The van der Waals surface area contributed by atoms with Gasteiger partial charge in [-0.1, -0.05) is 33.8 Å². The van der Waals surface area contributed by atoms with Crippen LogP contribution in [0.15, 0.2) is 42.0 Å². The summed E-state index contributed by atoms with van der Waals surface area (Å²) in [6.07, 6.45) is -10.3. The average molecular weight is 671 g/mol. The fraction of sp³-hybridized carbons (Fsp3) is 0.529. The fourth-order valence-electron chi connectivity index (χ4n) is 6.33. The van der Waals surface area contributed by atoms with Crippen molar-refractivity contribution in [1.29, 1.82) is 0 Å². The molecule has 3 atom stereocenters. The molecule has 1 saturated heterocycles. The van der Waals surface area contributed by atoms with Gasteiger partial charge in [0.15, 0.2) is 0 Å². The maximum atomic E-state index is 13.6. The van der Waals surface area contributed by atoms with Crippen LogP contribution < -0.4 is 10.1 Å². The molecule has 4 rings (SSSR count). The van der Waals surface area contributed by atoms with Crippen LogP contribution in [-0.4, -0.2) is 47.8 Å². The summed E-state index contributed by atoms with van der Waals surface area (Å²) in [4.78, 5) is 26.2. The molecular weight excluding hydrogens is 630 g/mol. The Morgan fingerprint density at radius 3 is 2.23 bits per heavy atom. The first-order valence-electron chi connectivity index (χ1n) is 15.3. The molecule has 1 amide bonds. The van der Waals surface area contributed by atoms with E-state index in [1.807, 2.05) is 26.0 Å². The van der Waals surface area contributed by atoms with E-state index in [1.165, 1.54) is 18.9 Å². The summed E-state index contributed by atoms with van der Waals surface area (Å²) in [7, 11) is 1.53. The van der Waals surface area contributed by atoms with Crippen molar-refractivity contribution in [1.82, 2.24) is 10.2 Å². The number of hydrogen-bond acceptors (Lipinski definition) is 5. The second kappa shape index (κ2) is 13.4. The van der Waals surface area contributed by atoms with Gasteiger partial charge in [-0.15, -0.1) is 0 Å². The van der Waals surface area contributed by atoms with Gasteiger partial charge in [-0.05, 0) is 90.1 Å². The zero-order valence-corrected chi connectivity index (χ0v) is 27.1. The maximum Gasteiger partial charge on any atom is 0.416 e. The maximum absolute atomic E-state index is 13.6. The number of amides is 1. The molecule has 0 radical (unpaired) electrons. The zero-order chi connectivity index (χ0) is 35.1. The van der Waals surface area contributed by atoms with Crippen LogP contribution in [0, 0.1) is 11.3 Å². The van der Waals surface area contributed by atoms with Gasteiger partial charge in [0.2, 0.25) is 0 Å². The number of carbonyl (C=O) groups is 2. The first-order valence-corrected chi connectivity index (χ1v) is 15.3.